The summed E-state index contributed by atoms with van der Waals surface area (Å²) in [6.07, 6.45) is 0. The van der Waals surface area contributed by atoms with E-state index in [0.717, 1.165) is 0 Å². The minimum atomic E-state index is -1.23. The lowest BCUT2D eigenvalue weighted by atomic mass is 9.92. The van der Waals surface area contributed by atoms with Crippen LogP contribution in [0.25, 0.3) is 0 Å². The molecule has 0 saturated carbocycles. The van der Waals surface area contributed by atoms with E-state index in [1.807, 2.05) is 6.92 Å². The Morgan fingerprint density at radius 1 is 1.50 bits per heavy atom. The summed E-state index contributed by atoms with van der Waals surface area (Å²) in [5, 5.41) is 12.8. The van der Waals surface area contributed by atoms with Crippen LogP contribution in [0, 0.1) is 0 Å². The molecule has 5 heteroatoms. The zero-order chi connectivity index (χ0) is 12.3. The Kier molecular flexibility index (Phi) is 4.19. The van der Waals surface area contributed by atoms with Crippen LogP contribution in [-0.2, 0) is 10.3 Å². The predicted molar refractivity (Wildman–Crippen MR) is 65.1 cm³/mol. The highest BCUT2D eigenvalue weighted by atomic mass is 35.5. The average molecular weight is 262 g/mol. The van der Waals surface area contributed by atoms with Crippen molar-refractivity contribution in [1.29, 1.82) is 0 Å². The molecule has 88 valence electrons. The first kappa shape index (κ1) is 13.3. The second kappa shape index (κ2) is 5.04. The third kappa shape index (κ3) is 2.32. The average Bonchev–Trinajstić information content (AvgIpc) is 2.22. The summed E-state index contributed by atoms with van der Waals surface area (Å²) in [5.41, 5.74) is -0.757. The normalized spacial score (nSPS) is 14.5. The number of hydrogen-bond donors (Lipinski definition) is 2. The minimum Gasteiger partial charge on any atom is -0.480 e. The van der Waals surface area contributed by atoms with Crippen LogP contribution in [0.4, 0.5) is 0 Å². The topological polar surface area (TPSA) is 49.3 Å². The summed E-state index contributed by atoms with van der Waals surface area (Å²) >= 11 is 11.9. The molecule has 1 unspecified atom stereocenters. The fourth-order valence-corrected chi connectivity index (χ4v) is 2.02. The van der Waals surface area contributed by atoms with Gasteiger partial charge >= 0.3 is 5.97 Å². The quantitative estimate of drug-likeness (QED) is 0.877. The van der Waals surface area contributed by atoms with E-state index in [0.29, 0.717) is 17.1 Å². The van der Waals surface area contributed by atoms with E-state index >= 15 is 0 Å². The molecule has 1 rings (SSSR count). The van der Waals surface area contributed by atoms with Crippen molar-refractivity contribution in [3.8, 4) is 0 Å². The number of halogens is 2. The Hall–Kier alpha value is -0.770. The van der Waals surface area contributed by atoms with Gasteiger partial charge in [0.25, 0.3) is 0 Å². The van der Waals surface area contributed by atoms with Gasteiger partial charge < -0.3 is 5.11 Å². The number of rotatable bonds is 4. The van der Waals surface area contributed by atoms with Crippen molar-refractivity contribution in [2.75, 3.05) is 6.54 Å². The van der Waals surface area contributed by atoms with Crippen molar-refractivity contribution in [3.63, 3.8) is 0 Å². The molecule has 0 heterocycles. The standard InChI is InChI=1S/C11H13Cl2NO2/c1-3-14-11(2,10(15)16)7-5-4-6-8(12)9(7)13/h4-6,14H,3H2,1-2H3,(H,15,16). The molecular formula is C11H13Cl2NO2. The Balaban J connectivity index is 3.32. The van der Waals surface area contributed by atoms with Gasteiger partial charge in [0.15, 0.2) is 0 Å². The Bertz CT molecular complexity index is 409. The lowest BCUT2D eigenvalue weighted by molar-refractivity contribution is -0.144. The number of aliphatic carboxylic acids is 1. The van der Waals surface area contributed by atoms with E-state index in [2.05, 4.69) is 5.32 Å². The molecule has 1 aromatic rings. The fourth-order valence-electron chi connectivity index (χ4n) is 1.53. The van der Waals surface area contributed by atoms with Gasteiger partial charge in [-0.2, -0.15) is 0 Å². The molecule has 0 radical (unpaired) electrons. The van der Waals surface area contributed by atoms with Crippen molar-refractivity contribution < 1.29 is 9.90 Å². The van der Waals surface area contributed by atoms with E-state index in [1.165, 1.54) is 0 Å². The van der Waals surface area contributed by atoms with Crippen molar-refractivity contribution in [3.05, 3.63) is 33.8 Å². The second-order valence-corrected chi connectivity index (χ2v) is 4.35. The molecule has 16 heavy (non-hydrogen) atoms. The first-order valence-electron chi connectivity index (χ1n) is 4.86. The Labute approximate surface area is 104 Å². The molecule has 0 fully saturated rings. The van der Waals surface area contributed by atoms with Crippen molar-refractivity contribution >= 4 is 29.2 Å². The lowest BCUT2D eigenvalue weighted by Gasteiger charge is -2.27. The van der Waals surface area contributed by atoms with Crippen LogP contribution in [0.1, 0.15) is 19.4 Å². The van der Waals surface area contributed by atoms with Crippen molar-refractivity contribution in [1.82, 2.24) is 5.32 Å². The van der Waals surface area contributed by atoms with Crippen molar-refractivity contribution in [2.24, 2.45) is 0 Å². The molecule has 2 N–H and O–H groups in total. The SMILES string of the molecule is CCNC(C)(C(=O)O)c1cccc(Cl)c1Cl. The number of carboxylic acid groups (broad SMARTS) is 1. The van der Waals surface area contributed by atoms with Crippen LogP contribution in [0.15, 0.2) is 18.2 Å². The van der Waals surface area contributed by atoms with Gasteiger partial charge in [0.05, 0.1) is 10.0 Å². The zero-order valence-electron chi connectivity index (χ0n) is 9.05. The molecule has 0 amide bonds. The predicted octanol–water partition coefficient (Wildman–Crippen LogP) is 2.90. The number of benzene rings is 1. The lowest BCUT2D eigenvalue weighted by Crippen LogP contribution is -2.46. The molecular weight excluding hydrogens is 249 g/mol. The molecule has 3 nitrogen and oxygen atoms in total. The maximum absolute atomic E-state index is 11.3. The van der Waals surface area contributed by atoms with E-state index < -0.39 is 11.5 Å². The first-order chi connectivity index (χ1) is 7.43. The van der Waals surface area contributed by atoms with Gasteiger partial charge in [-0.25, -0.2) is 4.79 Å². The van der Waals surface area contributed by atoms with Gasteiger partial charge in [-0.05, 0) is 19.5 Å². The van der Waals surface area contributed by atoms with Crippen molar-refractivity contribution in [2.45, 2.75) is 19.4 Å². The highest BCUT2D eigenvalue weighted by Gasteiger charge is 2.36. The summed E-state index contributed by atoms with van der Waals surface area (Å²) in [4.78, 5) is 11.3. The van der Waals surface area contributed by atoms with Gasteiger partial charge in [0.2, 0.25) is 0 Å². The number of nitrogens with one attached hydrogen (secondary N) is 1. The summed E-state index contributed by atoms with van der Waals surface area (Å²) < 4.78 is 0. The summed E-state index contributed by atoms with van der Waals surface area (Å²) in [7, 11) is 0. The third-order valence-electron chi connectivity index (χ3n) is 2.45. The van der Waals surface area contributed by atoms with Crippen LogP contribution in [0.5, 0.6) is 0 Å². The number of carboxylic acids is 1. The van der Waals surface area contributed by atoms with E-state index in [-0.39, 0.29) is 5.02 Å². The van der Waals surface area contributed by atoms with Gasteiger partial charge in [-0.1, -0.05) is 42.3 Å². The van der Waals surface area contributed by atoms with Crippen LogP contribution >= 0.6 is 23.2 Å². The molecule has 0 aliphatic heterocycles. The molecule has 0 aromatic heterocycles. The number of likely N-dealkylation sites (N-methyl/N-ethyl adjacent to an activating group) is 1. The third-order valence-corrected chi connectivity index (χ3v) is 3.27. The van der Waals surface area contributed by atoms with Gasteiger partial charge in [-0.3, -0.25) is 5.32 Å². The maximum atomic E-state index is 11.3. The van der Waals surface area contributed by atoms with Crippen LogP contribution < -0.4 is 5.32 Å². The summed E-state index contributed by atoms with van der Waals surface area (Å²) in [6, 6.07) is 4.97. The van der Waals surface area contributed by atoms with Gasteiger partial charge in [-0.15, -0.1) is 0 Å². The molecule has 0 spiro atoms. The second-order valence-electron chi connectivity index (χ2n) is 3.56. The Morgan fingerprint density at radius 2 is 2.12 bits per heavy atom. The molecule has 0 bridgehead atoms. The Morgan fingerprint density at radius 3 is 2.62 bits per heavy atom. The first-order valence-corrected chi connectivity index (χ1v) is 5.62. The minimum absolute atomic E-state index is 0.273. The monoisotopic (exact) mass is 261 g/mol. The van der Waals surface area contributed by atoms with Crippen LogP contribution in [-0.4, -0.2) is 17.6 Å². The van der Waals surface area contributed by atoms with Crippen LogP contribution in [0.2, 0.25) is 10.0 Å². The fraction of sp³-hybridized carbons (Fsp3) is 0.364. The maximum Gasteiger partial charge on any atom is 0.328 e. The number of hydrogen-bond acceptors (Lipinski definition) is 2. The largest absolute Gasteiger partial charge is 0.480 e. The molecule has 0 aliphatic rings. The van der Waals surface area contributed by atoms with E-state index in [1.54, 1.807) is 25.1 Å². The molecule has 0 saturated heterocycles. The van der Waals surface area contributed by atoms with E-state index in [9.17, 15) is 9.90 Å². The number of carbonyl (C=O) groups is 1. The van der Waals surface area contributed by atoms with E-state index in [4.69, 9.17) is 23.2 Å². The van der Waals surface area contributed by atoms with Gasteiger partial charge in [0.1, 0.15) is 5.54 Å². The highest BCUT2D eigenvalue weighted by Crippen LogP contribution is 2.33. The highest BCUT2D eigenvalue weighted by molar-refractivity contribution is 6.42. The van der Waals surface area contributed by atoms with Crippen LogP contribution in [0.3, 0.4) is 0 Å². The zero-order valence-corrected chi connectivity index (χ0v) is 10.6. The molecule has 1 atom stereocenters. The van der Waals surface area contributed by atoms with Gasteiger partial charge in [0, 0.05) is 5.56 Å². The molecule has 0 aliphatic carbocycles. The smallest absolute Gasteiger partial charge is 0.328 e. The molecule has 1 aromatic carbocycles. The summed E-state index contributed by atoms with van der Waals surface area (Å²) in [5.74, 6) is -0.987. The summed E-state index contributed by atoms with van der Waals surface area (Å²) in [6.45, 7) is 3.92.